The Kier molecular flexibility index (Phi) is 3.37. The van der Waals surface area contributed by atoms with Crippen LogP contribution in [-0.4, -0.2) is 20.1 Å². The van der Waals surface area contributed by atoms with Crippen LogP contribution in [0.5, 0.6) is 0 Å². The highest BCUT2D eigenvalue weighted by Crippen LogP contribution is 2.22. The smallest absolute Gasteiger partial charge is 0.336 e. The quantitative estimate of drug-likeness (QED) is 0.736. The maximum atomic E-state index is 11.6. The highest BCUT2D eigenvalue weighted by molar-refractivity contribution is 9.10. The van der Waals surface area contributed by atoms with Crippen LogP contribution in [0.25, 0.3) is 11.0 Å². The molecule has 3 aromatic rings. The summed E-state index contributed by atoms with van der Waals surface area (Å²) in [6.07, 6.45) is 1.64. The number of aromatic nitrogens is 3. The third kappa shape index (κ3) is 2.50. The van der Waals surface area contributed by atoms with Crippen molar-refractivity contribution in [2.75, 3.05) is 0 Å². The summed E-state index contributed by atoms with van der Waals surface area (Å²) in [7, 11) is 0. The van der Waals surface area contributed by atoms with Gasteiger partial charge in [-0.3, -0.25) is 0 Å². The van der Waals surface area contributed by atoms with E-state index >= 15 is 0 Å². The third-order valence-corrected chi connectivity index (χ3v) is 3.37. The topological polar surface area (TPSA) is 81.2 Å². The molecular formula is C13H10BrN3O3. The summed E-state index contributed by atoms with van der Waals surface area (Å²) in [4.78, 5) is 11.6. The van der Waals surface area contributed by atoms with Gasteiger partial charge in [-0.25, -0.2) is 9.48 Å². The highest BCUT2D eigenvalue weighted by Gasteiger charge is 2.08. The number of benzene rings is 1. The number of halogens is 1. The van der Waals surface area contributed by atoms with Crippen LogP contribution in [0.4, 0.5) is 0 Å². The summed E-state index contributed by atoms with van der Waals surface area (Å²) in [5.74, 6) is 0. The minimum atomic E-state index is -0.409. The van der Waals surface area contributed by atoms with E-state index in [0.717, 1.165) is 15.4 Å². The van der Waals surface area contributed by atoms with Crippen molar-refractivity contribution in [3.63, 3.8) is 0 Å². The normalized spacial score (nSPS) is 11.1. The van der Waals surface area contributed by atoms with Crippen molar-refractivity contribution in [3.05, 3.63) is 56.6 Å². The molecule has 2 aromatic heterocycles. The summed E-state index contributed by atoms with van der Waals surface area (Å²) in [5.41, 5.74) is 1.38. The lowest BCUT2D eigenvalue weighted by Gasteiger charge is -2.05. The largest absolute Gasteiger partial charge is 0.423 e. The first kappa shape index (κ1) is 13.0. The summed E-state index contributed by atoms with van der Waals surface area (Å²) >= 11 is 3.34. The molecule has 0 aliphatic heterocycles. The molecule has 0 bridgehead atoms. The number of aliphatic hydroxyl groups excluding tert-OH is 1. The SMILES string of the molecule is O=c1cc(Cn2cc(CO)nn2)c2ccc(Br)cc2o1. The molecular weight excluding hydrogens is 326 g/mol. The molecule has 0 amide bonds. The summed E-state index contributed by atoms with van der Waals surface area (Å²) in [5, 5.41) is 17.5. The van der Waals surface area contributed by atoms with Crippen LogP contribution in [0.3, 0.4) is 0 Å². The molecule has 1 aromatic carbocycles. The molecule has 6 nitrogen and oxygen atoms in total. The van der Waals surface area contributed by atoms with Crippen LogP contribution >= 0.6 is 15.9 Å². The molecule has 0 unspecified atom stereocenters. The van der Waals surface area contributed by atoms with E-state index in [4.69, 9.17) is 9.52 Å². The lowest BCUT2D eigenvalue weighted by Crippen LogP contribution is -2.06. The highest BCUT2D eigenvalue weighted by atomic mass is 79.9. The number of nitrogens with zero attached hydrogens (tertiary/aromatic N) is 3. The number of rotatable bonds is 3. The molecule has 7 heteroatoms. The van der Waals surface area contributed by atoms with Gasteiger partial charge in [0.1, 0.15) is 11.3 Å². The van der Waals surface area contributed by atoms with Crippen molar-refractivity contribution in [1.29, 1.82) is 0 Å². The van der Waals surface area contributed by atoms with Gasteiger partial charge in [0.15, 0.2) is 0 Å². The first-order valence-electron chi connectivity index (χ1n) is 5.88. The van der Waals surface area contributed by atoms with Crippen LogP contribution in [0, 0.1) is 0 Å². The lowest BCUT2D eigenvalue weighted by atomic mass is 10.1. The van der Waals surface area contributed by atoms with E-state index < -0.39 is 5.63 Å². The Morgan fingerprint density at radius 2 is 2.20 bits per heavy atom. The van der Waals surface area contributed by atoms with Crippen LogP contribution in [0.15, 0.2) is 44.1 Å². The van der Waals surface area contributed by atoms with Crippen molar-refractivity contribution in [2.45, 2.75) is 13.2 Å². The van der Waals surface area contributed by atoms with Gasteiger partial charge in [0.05, 0.1) is 19.3 Å². The van der Waals surface area contributed by atoms with E-state index in [1.165, 1.54) is 6.07 Å². The Morgan fingerprint density at radius 3 is 2.95 bits per heavy atom. The van der Waals surface area contributed by atoms with Gasteiger partial charge in [0.2, 0.25) is 0 Å². The molecule has 0 aliphatic carbocycles. The first-order valence-corrected chi connectivity index (χ1v) is 6.67. The zero-order chi connectivity index (χ0) is 14.1. The van der Waals surface area contributed by atoms with Gasteiger partial charge < -0.3 is 9.52 Å². The number of hydrogen-bond donors (Lipinski definition) is 1. The lowest BCUT2D eigenvalue weighted by molar-refractivity contribution is 0.276. The van der Waals surface area contributed by atoms with E-state index in [1.807, 2.05) is 12.1 Å². The first-order chi connectivity index (χ1) is 9.65. The van der Waals surface area contributed by atoms with Gasteiger partial charge in [0.25, 0.3) is 0 Å². The van der Waals surface area contributed by atoms with E-state index in [2.05, 4.69) is 26.2 Å². The van der Waals surface area contributed by atoms with Crippen molar-refractivity contribution < 1.29 is 9.52 Å². The standard InChI is InChI=1S/C13H10BrN3O3/c14-9-1-2-11-8(3-13(19)20-12(11)4-9)5-17-6-10(7-18)15-16-17/h1-4,6,18H,5,7H2. The molecule has 102 valence electrons. The zero-order valence-electron chi connectivity index (χ0n) is 10.3. The molecule has 0 saturated carbocycles. The number of hydrogen-bond acceptors (Lipinski definition) is 5. The Morgan fingerprint density at radius 1 is 1.35 bits per heavy atom. The molecule has 3 rings (SSSR count). The summed E-state index contributed by atoms with van der Waals surface area (Å²) in [6, 6.07) is 6.95. The Balaban J connectivity index is 2.08. The minimum Gasteiger partial charge on any atom is -0.423 e. The maximum absolute atomic E-state index is 11.6. The minimum absolute atomic E-state index is 0.162. The number of fused-ring (bicyclic) bond motifs is 1. The average molecular weight is 336 g/mol. The zero-order valence-corrected chi connectivity index (χ0v) is 11.9. The van der Waals surface area contributed by atoms with Crippen molar-refractivity contribution in [1.82, 2.24) is 15.0 Å². The van der Waals surface area contributed by atoms with E-state index in [1.54, 1.807) is 16.9 Å². The molecule has 0 aliphatic rings. The summed E-state index contributed by atoms with van der Waals surface area (Å²) in [6.45, 7) is 0.224. The predicted molar refractivity (Wildman–Crippen MR) is 75.2 cm³/mol. The van der Waals surface area contributed by atoms with Gasteiger partial charge in [-0.2, -0.15) is 0 Å². The fraction of sp³-hybridized carbons (Fsp3) is 0.154. The predicted octanol–water partition coefficient (Wildman–Crippen LogP) is 1.69. The van der Waals surface area contributed by atoms with Crippen LogP contribution in [0.2, 0.25) is 0 Å². The van der Waals surface area contributed by atoms with Gasteiger partial charge in [-0.05, 0) is 23.8 Å². The maximum Gasteiger partial charge on any atom is 0.336 e. The molecule has 20 heavy (non-hydrogen) atoms. The molecule has 0 fully saturated rings. The van der Waals surface area contributed by atoms with E-state index in [-0.39, 0.29) is 6.61 Å². The molecule has 0 radical (unpaired) electrons. The van der Waals surface area contributed by atoms with Crippen LogP contribution < -0.4 is 5.63 Å². The number of aliphatic hydroxyl groups is 1. The fourth-order valence-electron chi connectivity index (χ4n) is 2.00. The van der Waals surface area contributed by atoms with Gasteiger partial charge in [0, 0.05) is 15.9 Å². The van der Waals surface area contributed by atoms with Crippen LogP contribution in [-0.2, 0) is 13.2 Å². The van der Waals surface area contributed by atoms with Gasteiger partial charge in [-0.1, -0.05) is 21.1 Å². The van der Waals surface area contributed by atoms with Gasteiger partial charge >= 0.3 is 5.63 Å². The average Bonchev–Trinajstić information content (AvgIpc) is 2.85. The van der Waals surface area contributed by atoms with Gasteiger partial charge in [-0.15, -0.1) is 5.10 Å². The molecule has 0 saturated heterocycles. The Hall–Kier alpha value is -1.99. The second-order valence-electron chi connectivity index (χ2n) is 4.30. The Bertz CT molecular complexity index is 825. The van der Waals surface area contributed by atoms with E-state index in [9.17, 15) is 4.79 Å². The molecule has 1 N–H and O–H groups in total. The fourth-order valence-corrected chi connectivity index (χ4v) is 2.34. The molecule has 0 spiro atoms. The van der Waals surface area contributed by atoms with E-state index in [0.29, 0.717) is 17.8 Å². The van der Waals surface area contributed by atoms with Crippen molar-refractivity contribution >= 4 is 26.9 Å². The second kappa shape index (κ2) is 5.18. The molecule has 0 atom stereocenters. The second-order valence-corrected chi connectivity index (χ2v) is 5.21. The van der Waals surface area contributed by atoms with Crippen LogP contribution in [0.1, 0.15) is 11.3 Å². The molecule has 2 heterocycles. The Labute approximate surface area is 121 Å². The van der Waals surface area contributed by atoms with Crippen molar-refractivity contribution in [3.8, 4) is 0 Å². The summed E-state index contributed by atoms with van der Waals surface area (Å²) < 4.78 is 7.59. The third-order valence-electron chi connectivity index (χ3n) is 2.87. The van der Waals surface area contributed by atoms with Crippen molar-refractivity contribution in [2.24, 2.45) is 0 Å². The monoisotopic (exact) mass is 335 g/mol.